The Balaban J connectivity index is 2.48. The van der Waals surface area contributed by atoms with Crippen molar-refractivity contribution in [3.05, 3.63) is 30.1 Å². The highest BCUT2D eigenvalue weighted by Gasteiger charge is 2.02. The highest BCUT2D eigenvalue weighted by molar-refractivity contribution is 5.12. The van der Waals surface area contributed by atoms with Crippen LogP contribution in [0.25, 0.3) is 0 Å². The lowest BCUT2D eigenvalue weighted by atomic mass is 10.2. The van der Waals surface area contributed by atoms with Crippen LogP contribution >= 0.6 is 0 Å². The topological polar surface area (TPSA) is 50.9 Å². The van der Waals surface area contributed by atoms with Gasteiger partial charge < -0.3 is 5.73 Å². The van der Waals surface area contributed by atoms with Crippen molar-refractivity contribution in [2.75, 3.05) is 6.54 Å². The quantitative estimate of drug-likeness (QED) is 0.655. The van der Waals surface area contributed by atoms with E-state index in [9.17, 15) is 0 Å². The molecule has 0 bridgehead atoms. The third-order valence-corrected chi connectivity index (χ3v) is 1.66. The van der Waals surface area contributed by atoms with Gasteiger partial charge in [-0.05, 0) is 19.0 Å². The van der Waals surface area contributed by atoms with Gasteiger partial charge >= 0.3 is 0 Å². The minimum absolute atomic E-state index is 0.0846. The van der Waals surface area contributed by atoms with E-state index in [1.807, 2.05) is 12.1 Å². The normalized spacial score (nSPS) is 12.8. The lowest BCUT2D eigenvalue weighted by molar-refractivity contribution is 0.548. The van der Waals surface area contributed by atoms with Crippen LogP contribution in [0, 0.1) is 0 Å². The Morgan fingerprint density at radius 2 is 2.50 bits per heavy atom. The summed E-state index contributed by atoms with van der Waals surface area (Å²) in [4.78, 5) is 3.99. The molecular weight excluding hydrogens is 150 g/mol. The summed E-state index contributed by atoms with van der Waals surface area (Å²) in [5, 5.41) is 3.19. The summed E-state index contributed by atoms with van der Waals surface area (Å²) in [5.74, 6) is 0. The molecular formula is C9H15N3. The number of hydrogen-bond donors (Lipinski definition) is 2. The summed E-state index contributed by atoms with van der Waals surface area (Å²) < 4.78 is 0. The van der Waals surface area contributed by atoms with Crippen LogP contribution in [0.15, 0.2) is 24.5 Å². The summed E-state index contributed by atoms with van der Waals surface area (Å²) in [6.07, 6.45) is 4.54. The maximum Gasteiger partial charge on any atom is 0.0825 e. The lowest BCUT2D eigenvalue weighted by Crippen LogP contribution is -2.29. The fourth-order valence-electron chi connectivity index (χ4n) is 0.978. The van der Waals surface area contributed by atoms with Crippen molar-refractivity contribution >= 4 is 0 Å². The molecule has 1 rings (SSSR count). The number of rotatable bonds is 4. The maximum atomic E-state index is 5.83. The number of aromatic nitrogens is 1. The number of pyridine rings is 1. The third-order valence-electron chi connectivity index (χ3n) is 1.66. The SMILES string of the molecule is CCCNC(N)c1cccnc1. The first-order chi connectivity index (χ1) is 5.84. The van der Waals surface area contributed by atoms with Crippen molar-refractivity contribution in [3.8, 4) is 0 Å². The van der Waals surface area contributed by atoms with E-state index in [1.54, 1.807) is 12.4 Å². The zero-order chi connectivity index (χ0) is 8.81. The van der Waals surface area contributed by atoms with Gasteiger partial charge in [0.05, 0.1) is 6.17 Å². The van der Waals surface area contributed by atoms with Crippen LogP contribution < -0.4 is 11.1 Å². The number of hydrogen-bond acceptors (Lipinski definition) is 3. The second-order valence-electron chi connectivity index (χ2n) is 2.72. The van der Waals surface area contributed by atoms with Crippen molar-refractivity contribution in [2.45, 2.75) is 19.5 Å². The average molecular weight is 165 g/mol. The van der Waals surface area contributed by atoms with E-state index in [0.29, 0.717) is 0 Å². The molecule has 12 heavy (non-hydrogen) atoms. The van der Waals surface area contributed by atoms with Crippen LogP contribution in [-0.4, -0.2) is 11.5 Å². The Morgan fingerprint density at radius 3 is 3.08 bits per heavy atom. The van der Waals surface area contributed by atoms with Gasteiger partial charge in [-0.3, -0.25) is 10.3 Å². The molecule has 0 aliphatic rings. The second-order valence-corrected chi connectivity index (χ2v) is 2.72. The fourth-order valence-corrected chi connectivity index (χ4v) is 0.978. The van der Waals surface area contributed by atoms with E-state index in [4.69, 9.17) is 5.73 Å². The summed E-state index contributed by atoms with van der Waals surface area (Å²) >= 11 is 0. The molecule has 0 fully saturated rings. The predicted molar refractivity (Wildman–Crippen MR) is 49.5 cm³/mol. The first-order valence-corrected chi connectivity index (χ1v) is 4.23. The third kappa shape index (κ3) is 2.60. The van der Waals surface area contributed by atoms with E-state index in [1.165, 1.54) is 0 Å². The molecule has 1 aromatic rings. The molecule has 0 aliphatic carbocycles. The van der Waals surface area contributed by atoms with Gasteiger partial charge in [-0.2, -0.15) is 0 Å². The molecule has 1 heterocycles. The maximum absolute atomic E-state index is 5.83. The Morgan fingerprint density at radius 1 is 1.67 bits per heavy atom. The van der Waals surface area contributed by atoms with Gasteiger partial charge in [-0.15, -0.1) is 0 Å². The van der Waals surface area contributed by atoms with Crippen molar-refractivity contribution < 1.29 is 0 Å². The van der Waals surface area contributed by atoms with Crippen molar-refractivity contribution in [1.82, 2.24) is 10.3 Å². The Hall–Kier alpha value is -0.930. The smallest absolute Gasteiger partial charge is 0.0825 e. The zero-order valence-electron chi connectivity index (χ0n) is 7.33. The van der Waals surface area contributed by atoms with Gasteiger partial charge in [0.25, 0.3) is 0 Å². The molecule has 0 saturated carbocycles. The molecule has 0 radical (unpaired) electrons. The first kappa shape index (κ1) is 9.16. The first-order valence-electron chi connectivity index (χ1n) is 4.23. The number of nitrogens with zero attached hydrogens (tertiary/aromatic N) is 1. The largest absolute Gasteiger partial charge is 0.312 e. The van der Waals surface area contributed by atoms with Crippen LogP contribution in [-0.2, 0) is 0 Å². The molecule has 1 aromatic heterocycles. The fraction of sp³-hybridized carbons (Fsp3) is 0.444. The molecule has 0 saturated heterocycles. The van der Waals surface area contributed by atoms with Crippen LogP contribution in [0.2, 0.25) is 0 Å². The molecule has 0 aliphatic heterocycles. The van der Waals surface area contributed by atoms with Crippen molar-refractivity contribution in [1.29, 1.82) is 0 Å². The Labute approximate surface area is 73.0 Å². The highest BCUT2D eigenvalue weighted by Crippen LogP contribution is 2.03. The Bertz CT molecular complexity index is 210. The second kappa shape index (κ2) is 4.85. The molecule has 1 atom stereocenters. The standard InChI is InChI=1S/C9H15N3/c1-2-5-12-9(10)8-4-3-6-11-7-8/h3-4,6-7,9,12H,2,5,10H2,1H3. The van der Waals surface area contributed by atoms with Gasteiger partial charge in [0.1, 0.15) is 0 Å². The predicted octanol–water partition coefficient (Wildman–Crippen LogP) is 1.04. The van der Waals surface area contributed by atoms with E-state index < -0.39 is 0 Å². The minimum atomic E-state index is -0.0846. The van der Waals surface area contributed by atoms with E-state index in [-0.39, 0.29) is 6.17 Å². The molecule has 0 aromatic carbocycles. The van der Waals surface area contributed by atoms with E-state index in [0.717, 1.165) is 18.5 Å². The summed E-state index contributed by atoms with van der Waals surface area (Å²) in [7, 11) is 0. The average Bonchev–Trinajstić information content (AvgIpc) is 2.15. The summed E-state index contributed by atoms with van der Waals surface area (Å²) in [6, 6.07) is 3.86. The summed E-state index contributed by atoms with van der Waals surface area (Å²) in [5.41, 5.74) is 6.86. The van der Waals surface area contributed by atoms with E-state index >= 15 is 0 Å². The van der Waals surface area contributed by atoms with Crippen LogP contribution in [0.3, 0.4) is 0 Å². The minimum Gasteiger partial charge on any atom is -0.312 e. The molecule has 0 spiro atoms. The lowest BCUT2D eigenvalue weighted by Gasteiger charge is -2.12. The Kier molecular flexibility index (Phi) is 3.70. The van der Waals surface area contributed by atoms with Crippen LogP contribution in [0.4, 0.5) is 0 Å². The zero-order valence-corrected chi connectivity index (χ0v) is 7.33. The highest BCUT2D eigenvalue weighted by atomic mass is 15.0. The molecule has 1 unspecified atom stereocenters. The van der Waals surface area contributed by atoms with Gasteiger partial charge in [0.15, 0.2) is 0 Å². The number of nitrogens with one attached hydrogen (secondary N) is 1. The molecule has 0 amide bonds. The molecule has 3 nitrogen and oxygen atoms in total. The molecule has 3 heteroatoms. The van der Waals surface area contributed by atoms with E-state index in [2.05, 4.69) is 17.2 Å². The van der Waals surface area contributed by atoms with Gasteiger partial charge in [0, 0.05) is 18.0 Å². The van der Waals surface area contributed by atoms with Gasteiger partial charge in [0.2, 0.25) is 0 Å². The van der Waals surface area contributed by atoms with Crippen molar-refractivity contribution in [3.63, 3.8) is 0 Å². The monoisotopic (exact) mass is 165 g/mol. The van der Waals surface area contributed by atoms with Crippen LogP contribution in [0.1, 0.15) is 25.1 Å². The molecule has 66 valence electrons. The molecule has 3 N–H and O–H groups in total. The van der Waals surface area contributed by atoms with Crippen molar-refractivity contribution in [2.24, 2.45) is 5.73 Å². The van der Waals surface area contributed by atoms with Gasteiger partial charge in [-0.1, -0.05) is 13.0 Å². The number of nitrogens with two attached hydrogens (primary N) is 1. The van der Waals surface area contributed by atoms with Crippen LogP contribution in [0.5, 0.6) is 0 Å². The summed E-state index contributed by atoms with van der Waals surface area (Å²) in [6.45, 7) is 3.05. The van der Waals surface area contributed by atoms with Gasteiger partial charge in [-0.25, -0.2) is 0 Å².